The molecule has 28 heavy (non-hydrogen) atoms. The lowest BCUT2D eigenvalue weighted by Crippen LogP contribution is -2.27. The van der Waals surface area contributed by atoms with Gasteiger partial charge in [-0.25, -0.2) is 4.98 Å². The van der Waals surface area contributed by atoms with E-state index >= 15 is 0 Å². The molecule has 0 saturated carbocycles. The van der Waals surface area contributed by atoms with Crippen molar-refractivity contribution in [1.82, 2.24) is 15.2 Å². The fourth-order valence-electron chi connectivity index (χ4n) is 3.93. The summed E-state index contributed by atoms with van der Waals surface area (Å²) in [5.41, 5.74) is 2.50. The van der Waals surface area contributed by atoms with Crippen LogP contribution >= 0.6 is 11.3 Å². The van der Waals surface area contributed by atoms with Crippen molar-refractivity contribution in [3.05, 3.63) is 64.7 Å². The quantitative estimate of drug-likeness (QED) is 0.621. The summed E-state index contributed by atoms with van der Waals surface area (Å²) in [5, 5.41) is 4.10. The highest BCUT2D eigenvalue weighted by Crippen LogP contribution is 2.39. The Bertz CT molecular complexity index is 941. The number of fused-ring (bicyclic) bond motifs is 1. The third-order valence-corrected chi connectivity index (χ3v) is 6.36. The smallest absolute Gasteiger partial charge is 0.261 e. The second kappa shape index (κ2) is 8.82. The predicted octanol–water partition coefficient (Wildman–Crippen LogP) is 3.66. The van der Waals surface area contributed by atoms with Gasteiger partial charge in [-0.1, -0.05) is 36.4 Å². The zero-order valence-corrected chi connectivity index (χ0v) is 16.9. The van der Waals surface area contributed by atoms with Crippen LogP contribution in [-0.2, 0) is 11.3 Å². The van der Waals surface area contributed by atoms with E-state index in [1.165, 1.54) is 22.5 Å². The van der Waals surface area contributed by atoms with Gasteiger partial charge in [-0.05, 0) is 30.2 Å². The number of carbonyl (C=O) groups excluding carboxylic acids is 1. The van der Waals surface area contributed by atoms with Gasteiger partial charge in [0.15, 0.2) is 0 Å². The summed E-state index contributed by atoms with van der Waals surface area (Å²) < 4.78 is 5.06. The van der Waals surface area contributed by atoms with Crippen LogP contribution in [0.25, 0.3) is 10.2 Å². The van der Waals surface area contributed by atoms with Crippen LogP contribution < -0.4 is 5.32 Å². The third-order valence-electron chi connectivity index (χ3n) is 5.23. The lowest BCUT2D eigenvalue weighted by molar-refractivity contribution is 0.0940. The number of hydrogen-bond acceptors (Lipinski definition) is 5. The number of amides is 1. The maximum Gasteiger partial charge on any atom is 0.261 e. The minimum atomic E-state index is -0.0171. The number of nitrogens with one attached hydrogen (secondary N) is 1. The minimum absolute atomic E-state index is 0.0171. The van der Waals surface area contributed by atoms with Crippen molar-refractivity contribution in [1.29, 1.82) is 0 Å². The summed E-state index contributed by atoms with van der Waals surface area (Å²) in [4.78, 5) is 21.6. The van der Waals surface area contributed by atoms with Crippen molar-refractivity contribution in [2.24, 2.45) is 0 Å². The van der Waals surface area contributed by atoms with E-state index < -0.39 is 0 Å². The Morgan fingerprint density at radius 3 is 2.96 bits per heavy atom. The van der Waals surface area contributed by atoms with Crippen LogP contribution in [0.5, 0.6) is 0 Å². The summed E-state index contributed by atoms with van der Waals surface area (Å²) in [6.07, 6.45) is 2.86. The number of carbonyl (C=O) groups is 1. The van der Waals surface area contributed by atoms with E-state index in [0.29, 0.717) is 19.1 Å². The molecule has 1 aliphatic heterocycles. The molecule has 1 unspecified atom stereocenters. The molecule has 1 saturated heterocycles. The van der Waals surface area contributed by atoms with Gasteiger partial charge in [0, 0.05) is 44.2 Å². The number of hydrogen-bond donors (Lipinski definition) is 1. The number of pyridine rings is 1. The highest BCUT2D eigenvalue weighted by molar-refractivity contribution is 7.20. The lowest BCUT2D eigenvalue weighted by Gasteiger charge is -2.17. The number of nitrogens with zero attached hydrogens (tertiary/aromatic N) is 2. The Morgan fingerprint density at radius 2 is 2.14 bits per heavy atom. The Morgan fingerprint density at radius 1 is 1.29 bits per heavy atom. The number of methoxy groups -OCH3 is 1. The molecule has 1 fully saturated rings. The van der Waals surface area contributed by atoms with E-state index in [-0.39, 0.29) is 5.91 Å². The summed E-state index contributed by atoms with van der Waals surface area (Å²) in [6, 6.07) is 14.6. The second-order valence-electron chi connectivity index (χ2n) is 7.16. The Labute approximate surface area is 169 Å². The fourth-order valence-corrected chi connectivity index (χ4v) is 5.07. The molecular weight excluding hydrogens is 370 g/mol. The van der Waals surface area contributed by atoms with Gasteiger partial charge < -0.3 is 10.1 Å². The van der Waals surface area contributed by atoms with Crippen molar-refractivity contribution in [3.63, 3.8) is 0 Å². The summed E-state index contributed by atoms with van der Waals surface area (Å²) >= 11 is 1.50. The molecule has 0 radical (unpaired) electrons. The summed E-state index contributed by atoms with van der Waals surface area (Å²) in [6.45, 7) is 3.99. The average molecular weight is 396 g/mol. The molecule has 0 bridgehead atoms. The van der Waals surface area contributed by atoms with Gasteiger partial charge in [0.2, 0.25) is 0 Å². The third kappa shape index (κ3) is 4.09. The number of benzene rings is 1. The van der Waals surface area contributed by atoms with E-state index in [9.17, 15) is 4.79 Å². The molecule has 6 heteroatoms. The Hall–Kier alpha value is -2.28. The monoisotopic (exact) mass is 395 g/mol. The standard InChI is InChI=1S/C22H25N3O2S/c1-27-13-11-23-21(26)20-19(18-8-5-10-24-22(18)28-20)17-9-12-25(15-17)14-16-6-3-2-4-7-16/h2-8,10,17H,9,11-15H2,1H3,(H,23,26). The second-order valence-corrected chi connectivity index (χ2v) is 8.16. The van der Waals surface area contributed by atoms with Crippen molar-refractivity contribution < 1.29 is 9.53 Å². The molecule has 146 valence electrons. The van der Waals surface area contributed by atoms with Gasteiger partial charge >= 0.3 is 0 Å². The highest BCUT2D eigenvalue weighted by Gasteiger charge is 2.30. The number of ether oxygens (including phenoxy) is 1. The predicted molar refractivity (Wildman–Crippen MR) is 113 cm³/mol. The van der Waals surface area contributed by atoms with Gasteiger partial charge in [0.05, 0.1) is 11.5 Å². The van der Waals surface area contributed by atoms with E-state index in [0.717, 1.165) is 41.1 Å². The molecule has 5 nitrogen and oxygen atoms in total. The maximum absolute atomic E-state index is 12.8. The number of aromatic nitrogens is 1. The lowest BCUT2D eigenvalue weighted by atomic mass is 9.95. The molecule has 1 aromatic carbocycles. The Kier molecular flexibility index (Phi) is 6.00. The van der Waals surface area contributed by atoms with Crippen LogP contribution in [0.3, 0.4) is 0 Å². The van der Waals surface area contributed by atoms with Crippen molar-refractivity contribution in [2.45, 2.75) is 18.9 Å². The van der Waals surface area contributed by atoms with Crippen LogP contribution in [-0.4, -0.2) is 49.1 Å². The van der Waals surface area contributed by atoms with Gasteiger partial charge in [0.1, 0.15) is 4.83 Å². The zero-order valence-electron chi connectivity index (χ0n) is 16.1. The van der Waals surface area contributed by atoms with E-state index in [2.05, 4.69) is 51.6 Å². The highest BCUT2D eigenvalue weighted by atomic mass is 32.1. The first kappa shape index (κ1) is 19.1. The van der Waals surface area contributed by atoms with Crippen LogP contribution in [0.2, 0.25) is 0 Å². The van der Waals surface area contributed by atoms with Gasteiger partial charge in [0.25, 0.3) is 5.91 Å². The Balaban J connectivity index is 1.57. The fraction of sp³-hybridized carbons (Fsp3) is 0.364. The largest absolute Gasteiger partial charge is 0.383 e. The molecule has 2 aromatic heterocycles. The molecule has 0 aliphatic carbocycles. The van der Waals surface area contributed by atoms with Crippen molar-refractivity contribution in [3.8, 4) is 0 Å². The molecule has 1 amide bonds. The van der Waals surface area contributed by atoms with E-state index in [1.807, 2.05) is 6.07 Å². The van der Waals surface area contributed by atoms with Crippen LogP contribution in [0.1, 0.15) is 33.1 Å². The SMILES string of the molecule is COCCNC(=O)c1sc2ncccc2c1C1CCN(Cc2ccccc2)C1. The average Bonchev–Trinajstić information content (AvgIpc) is 3.33. The maximum atomic E-state index is 12.8. The van der Waals surface area contributed by atoms with Crippen LogP contribution in [0.15, 0.2) is 48.7 Å². The summed E-state index contributed by atoms with van der Waals surface area (Å²) in [7, 11) is 1.64. The molecular formula is C22H25N3O2S. The van der Waals surface area contributed by atoms with Crippen molar-refractivity contribution in [2.75, 3.05) is 33.4 Å². The molecule has 1 N–H and O–H groups in total. The minimum Gasteiger partial charge on any atom is -0.383 e. The zero-order chi connectivity index (χ0) is 19.3. The topological polar surface area (TPSA) is 54.5 Å². The first-order valence-corrected chi connectivity index (χ1v) is 10.5. The van der Waals surface area contributed by atoms with Gasteiger partial charge in [-0.3, -0.25) is 9.69 Å². The van der Waals surface area contributed by atoms with E-state index in [1.54, 1.807) is 13.3 Å². The number of likely N-dealkylation sites (tertiary alicyclic amines) is 1. The molecule has 0 spiro atoms. The van der Waals surface area contributed by atoms with Crippen LogP contribution in [0.4, 0.5) is 0 Å². The first-order chi connectivity index (χ1) is 13.8. The summed E-state index contributed by atoms with van der Waals surface area (Å²) in [5.74, 6) is 0.335. The van der Waals surface area contributed by atoms with Gasteiger partial charge in [-0.15, -0.1) is 11.3 Å². The number of rotatable bonds is 7. The van der Waals surface area contributed by atoms with E-state index in [4.69, 9.17) is 4.74 Å². The molecule has 1 atom stereocenters. The normalized spacial score (nSPS) is 17.2. The van der Waals surface area contributed by atoms with Crippen LogP contribution in [0, 0.1) is 0 Å². The molecule has 1 aliphatic rings. The molecule has 3 aromatic rings. The molecule has 3 heterocycles. The first-order valence-electron chi connectivity index (χ1n) is 9.67. The van der Waals surface area contributed by atoms with Crippen molar-refractivity contribution >= 4 is 27.5 Å². The number of thiophene rings is 1. The van der Waals surface area contributed by atoms with Gasteiger partial charge in [-0.2, -0.15) is 0 Å². The molecule has 4 rings (SSSR count).